The molecule has 0 aliphatic rings. The third-order valence-corrected chi connectivity index (χ3v) is 3.34. The SMILES string of the molecule is N#Cc1cc([N+](=O)[O-])cnc1NCc1cccc(-n2cccn2)c1. The molecule has 8 nitrogen and oxygen atoms in total. The summed E-state index contributed by atoms with van der Waals surface area (Å²) in [4.78, 5) is 14.1. The highest BCUT2D eigenvalue weighted by molar-refractivity contribution is 5.55. The summed E-state index contributed by atoms with van der Waals surface area (Å²) in [6.45, 7) is 0.425. The molecule has 0 aliphatic carbocycles. The first-order chi connectivity index (χ1) is 11.7. The highest BCUT2D eigenvalue weighted by Gasteiger charge is 2.12. The molecular formula is C16H12N6O2. The molecule has 24 heavy (non-hydrogen) atoms. The first-order valence-electron chi connectivity index (χ1n) is 7.05. The predicted octanol–water partition coefficient (Wildman–Crippen LogP) is 2.66. The van der Waals surface area contributed by atoms with Crippen LogP contribution in [0.1, 0.15) is 11.1 Å². The Morgan fingerprint density at radius 2 is 2.21 bits per heavy atom. The van der Waals surface area contributed by atoms with Gasteiger partial charge in [-0.1, -0.05) is 12.1 Å². The molecule has 0 unspecified atom stereocenters. The maximum atomic E-state index is 10.7. The quantitative estimate of drug-likeness (QED) is 0.571. The molecule has 0 aliphatic heterocycles. The van der Waals surface area contributed by atoms with E-state index in [9.17, 15) is 10.1 Å². The van der Waals surface area contributed by atoms with E-state index in [0.717, 1.165) is 17.4 Å². The Morgan fingerprint density at radius 1 is 1.33 bits per heavy atom. The van der Waals surface area contributed by atoms with Gasteiger partial charge in [0.15, 0.2) is 0 Å². The lowest BCUT2D eigenvalue weighted by Gasteiger charge is -2.09. The van der Waals surface area contributed by atoms with E-state index in [1.807, 2.05) is 42.6 Å². The van der Waals surface area contributed by atoms with Crippen molar-refractivity contribution in [2.75, 3.05) is 5.32 Å². The van der Waals surface area contributed by atoms with Gasteiger partial charge in [-0.3, -0.25) is 10.1 Å². The second-order valence-electron chi connectivity index (χ2n) is 4.93. The van der Waals surface area contributed by atoms with Crippen molar-refractivity contribution in [3.05, 3.63) is 76.2 Å². The lowest BCUT2D eigenvalue weighted by atomic mass is 10.2. The van der Waals surface area contributed by atoms with Gasteiger partial charge in [-0.25, -0.2) is 9.67 Å². The molecule has 118 valence electrons. The van der Waals surface area contributed by atoms with E-state index in [1.54, 1.807) is 10.9 Å². The third-order valence-electron chi connectivity index (χ3n) is 3.34. The zero-order valence-electron chi connectivity index (χ0n) is 12.5. The van der Waals surface area contributed by atoms with Gasteiger partial charge in [0.25, 0.3) is 5.69 Å². The van der Waals surface area contributed by atoms with Crippen molar-refractivity contribution in [3.8, 4) is 11.8 Å². The van der Waals surface area contributed by atoms with E-state index < -0.39 is 4.92 Å². The number of anilines is 1. The van der Waals surface area contributed by atoms with Crippen LogP contribution in [-0.4, -0.2) is 19.7 Å². The zero-order chi connectivity index (χ0) is 16.9. The predicted molar refractivity (Wildman–Crippen MR) is 86.5 cm³/mol. The van der Waals surface area contributed by atoms with Crippen LogP contribution >= 0.6 is 0 Å². The van der Waals surface area contributed by atoms with Gasteiger partial charge in [0.2, 0.25) is 0 Å². The number of nitrogens with zero attached hydrogens (tertiary/aromatic N) is 5. The van der Waals surface area contributed by atoms with Crippen LogP contribution in [0, 0.1) is 21.4 Å². The van der Waals surface area contributed by atoms with Crippen molar-refractivity contribution in [1.29, 1.82) is 5.26 Å². The van der Waals surface area contributed by atoms with Gasteiger partial charge in [-0.2, -0.15) is 10.4 Å². The fourth-order valence-electron chi connectivity index (χ4n) is 2.20. The maximum Gasteiger partial charge on any atom is 0.289 e. The molecule has 0 saturated carbocycles. The van der Waals surface area contributed by atoms with Crippen LogP contribution in [0.4, 0.5) is 11.5 Å². The van der Waals surface area contributed by atoms with Gasteiger partial charge in [-0.15, -0.1) is 0 Å². The van der Waals surface area contributed by atoms with Gasteiger partial charge < -0.3 is 5.32 Å². The van der Waals surface area contributed by atoms with Crippen LogP contribution in [0.5, 0.6) is 0 Å². The Bertz CT molecular complexity index is 915. The number of benzene rings is 1. The van der Waals surface area contributed by atoms with Crippen molar-refractivity contribution in [2.24, 2.45) is 0 Å². The number of hydrogen-bond donors (Lipinski definition) is 1. The van der Waals surface area contributed by atoms with Crippen LogP contribution in [0.15, 0.2) is 55.0 Å². The molecule has 1 N–H and O–H groups in total. The molecule has 0 fully saturated rings. The molecule has 1 aromatic carbocycles. The van der Waals surface area contributed by atoms with Crippen molar-refractivity contribution in [1.82, 2.24) is 14.8 Å². The van der Waals surface area contributed by atoms with E-state index in [1.165, 1.54) is 6.07 Å². The van der Waals surface area contributed by atoms with Gasteiger partial charge in [0.05, 0.1) is 10.6 Å². The van der Waals surface area contributed by atoms with Crippen molar-refractivity contribution in [2.45, 2.75) is 6.54 Å². The second-order valence-corrected chi connectivity index (χ2v) is 4.93. The summed E-state index contributed by atoms with van der Waals surface area (Å²) >= 11 is 0. The van der Waals surface area contributed by atoms with Gasteiger partial charge in [0.1, 0.15) is 23.6 Å². The van der Waals surface area contributed by atoms with E-state index in [2.05, 4.69) is 15.4 Å². The average Bonchev–Trinajstić information content (AvgIpc) is 3.14. The van der Waals surface area contributed by atoms with Crippen molar-refractivity contribution >= 4 is 11.5 Å². The Hall–Kier alpha value is -3.73. The third kappa shape index (κ3) is 3.20. The molecule has 3 rings (SSSR count). The summed E-state index contributed by atoms with van der Waals surface area (Å²) in [6.07, 6.45) is 4.67. The average molecular weight is 320 g/mol. The highest BCUT2D eigenvalue weighted by atomic mass is 16.6. The smallest absolute Gasteiger partial charge is 0.289 e. The van der Waals surface area contributed by atoms with E-state index in [4.69, 9.17) is 5.26 Å². The molecule has 0 amide bonds. The monoisotopic (exact) mass is 320 g/mol. The lowest BCUT2D eigenvalue weighted by molar-refractivity contribution is -0.385. The summed E-state index contributed by atoms with van der Waals surface area (Å²) in [6, 6.07) is 12.7. The number of aromatic nitrogens is 3. The van der Waals surface area contributed by atoms with Gasteiger partial charge in [0, 0.05) is 25.0 Å². The maximum absolute atomic E-state index is 10.7. The van der Waals surface area contributed by atoms with Gasteiger partial charge >= 0.3 is 0 Å². The number of nitriles is 1. The van der Waals surface area contributed by atoms with Crippen LogP contribution in [0.25, 0.3) is 5.69 Å². The first-order valence-corrected chi connectivity index (χ1v) is 7.05. The number of nitrogens with one attached hydrogen (secondary N) is 1. The minimum atomic E-state index is -0.578. The van der Waals surface area contributed by atoms with E-state index in [-0.39, 0.29) is 11.3 Å². The number of pyridine rings is 1. The lowest BCUT2D eigenvalue weighted by Crippen LogP contribution is -2.05. The summed E-state index contributed by atoms with van der Waals surface area (Å²) in [5.74, 6) is 0.313. The summed E-state index contributed by atoms with van der Waals surface area (Å²) in [5, 5.41) is 27.1. The molecule has 3 aromatic rings. The summed E-state index contributed by atoms with van der Waals surface area (Å²) in [7, 11) is 0. The highest BCUT2D eigenvalue weighted by Crippen LogP contribution is 2.19. The van der Waals surface area contributed by atoms with E-state index in [0.29, 0.717) is 12.4 Å². The zero-order valence-corrected chi connectivity index (χ0v) is 12.5. The van der Waals surface area contributed by atoms with Crippen molar-refractivity contribution < 1.29 is 4.92 Å². The fraction of sp³-hybridized carbons (Fsp3) is 0.0625. The molecule has 0 radical (unpaired) electrons. The second kappa shape index (κ2) is 6.58. The Balaban J connectivity index is 1.78. The minimum absolute atomic E-state index is 0.132. The summed E-state index contributed by atoms with van der Waals surface area (Å²) in [5.41, 5.74) is 1.80. The van der Waals surface area contributed by atoms with Gasteiger partial charge in [-0.05, 0) is 23.8 Å². The number of rotatable bonds is 5. The Morgan fingerprint density at radius 3 is 2.92 bits per heavy atom. The number of nitro groups is 1. The molecule has 0 saturated heterocycles. The first kappa shape index (κ1) is 15.2. The topological polar surface area (TPSA) is 110 Å². The standard InChI is InChI=1S/C16H12N6O2/c17-9-13-8-15(22(23)24)11-19-16(13)18-10-12-3-1-4-14(7-12)21-6-2-5-20-21/h1-8,11H,10H2,(H,18,19). The van der Waals surface area contributed by atoms with E-state index >= 15 is 0 Å². The molecule has 8 heteroatoms. The van der Waals surface area contributed by atoms with Crippen LogP contribution in [0.2, 0.25) is 0 Å². The van der Waals surface area contributed by atoms with Crippen LogP contribution in [-0.2, 0) is 6.54 Å². The van der Waals surface area contributed by atoms with Crippen LogP contribution in [0.3, 0.4) is 0 Å². The largest absolute Gasteiger partial charge is 0.365 e. The Kier molecular flexibility index (Phi) is 4.16. The van der Waals surface area contributed by atoms with Crippen molar-refractivity contribution in [3.63, 3.8) is 0 Å². The number of hydrogen-bond acceptors (Lipinski definition) is 6. The molecule has 0 spiro atoms. The Labute approximate surface area is 137 Å². The van der Waals surface area contributed by atoms with Crippen LogP contribution < -0.4 is 5.32 Å². The molecule has 2 heterocycles. The fourth-order valence-corrected chi connectivity index (χ4v) is 2.20. The normalized spacial score (nSPS) is 10.1. The molecule has 0 atom stereocenters. The minimum Gasteiger partial charge on any atom is -0.365 e. The summed E-state index contributed by atoms with van der Waals surface area (Å²) < 4.78 is 1.74. The molecule has 2 aromatic heterocycles. The molecule has 0 bridgehead atoms. The molecular weight excluding hydrogens is 308 g/mol.